The number of hydrogen-bond acceptors (Lipinski definition) is 2. The fraction of sp³-hybridized carbons (Fsp3) is 0.471. The Balaban J connectivity index is 1.97. The van der Waals surface area contributed by atoms with Gasteiger partial charge in [0.2, 0.25) is 5.91 Å². The molecule has 1 saturated heterocycles. The highest BCUT2D eigenvalue weighted by Crippen LogP contribution is 2.21. The molecule has 1 aliphatic heterocycles. The molecule has 1 aliphatic rings. The summed E-state index contributed by atoms with van der Waals surface area (Å²) in [6.45, 7) is 6.17. The molecule has 3 heteroatoms. The van der Waals surface area contributed by atoms with E-state index < -0.39 is 0 Å². The molecule has 0 bridgehead atoms. The molecule has 0 aliphatic carbocycles. The van der Waals surface area contributed by atoms with Gasteiger partial charge in [0.1, 0.15) is 5.75 Å². The third kappa shape index (κ3) is 3.86. The summed E-state index contributed by atoms with van der Waals surface area (Å²) in [7, 11) is 1.65. The van der Waals surface area contributed by atoms with Crippen LogP contribution in [0, 0.1) is 11.8 Å². The van der Waals surface area contributed by atoms with Crippen LogP contribution in [0.4, 0.5) is 0 Å². The number of amides is 1. The van der Waals surface area contributed by atoms with E-state index in [0.717, 1.165) is 24.4 Å². The van der Waals surface area contributed by atoms with Crippen LogP contribution in [-0.4, -0.2) is 31.0 Å². The van der Waals surface area contributed by atoms with Crippen LogP contribution in [0.5, 0.6) is 5.75 Å². The summed E-state index contributed by atoms with van der Waals surface area (Å²) < 4.78 is 5.11. The second-order valence-electron chi connectivity index (χ2n) is 5.80. The Hall–Kier alpha value is -1.77. The van der Waals surface area contributed by atoms with Crippen molar-refractivity contribution >= 4 is 12.0 Å². The van der Waals surface area contributed by atoms with Crippen LogP contribution in [0.15, 0.2) is 30.3 Å². The Morgan fingerprint density at radius 1 is 1.20 bits per heavy atom. The number of likely N-dealkylation sites (tertiary alicyclic amines) is 1. The van der Waals surface area contributed by atoms with Crippen LogP contribution in [0.2, 0.25) is 0 Å². The molecule has 1 fully saturated rings. The maximum absolute atomic E-state index is 12.2. The number of carbonyl (C=O) groups excluding carboxylic acids is 1. The van der Waals surface area contributed by atoms with Crippen LogP contribution in [0.3, 0.4) is 0 Å². The van der Waals surface area contributed by atoms with Gasteiger partial charge in [0.25, 0.3) is 0 Å². The van der Waals surface area contributed by atoms with Gasteiger partial charge in [-0.1, -0.05) is 26.0 Å². The molecule has 0 aromatic heterocycles. The number of nitrogens with zero attached hydrogens (tertiary/aromatic N) is 1. The van der Waals surface area contributed by atoms with Crippen molar-refractivity contribution in [2.75, 3.05) is 20.2 Å². The maximum atomic E-state index is 12.2. The third-order valence-corrected chi connectivity index (χ3v) is 3.71. The summed E-state index contributed by atoms with van der Waals surface area (Å²) in [6, 6.07) is 7.69. The van der Waals surface area contributed by atoms with Crippen molar-refractivity contribution in [2.24, 2.45) is 11.8 Å². The minimum atomic E-state index is 0.110. The molecule has 0 radical (unpaired) electrons. The van der Waals surface area contributed by atoms with Crippen molar-refractivity contribution in [1.82, 2.24) is 4.90 Å². The molecular formula is C17H23NO2. The number of benzene rings is 1. The van der Waals surface area contributed by atoms with Crippen LogP contribution in [-0.2, 0) is 4.79 Å². The van der Waals surface area contributed by atoms with Crippen LogP contribution in [0.1, 0.15) is 25.8 Å². The third-order valence-electron chi connectivity index (χ3n) is 3.71. The molecule has 1 aromatic carbocycles. The van der Waals surface area contributed by atoms with E-state index in [0.29, 0.717) is 11.8 Å². The molecule has 1 heterocycles. The van der Waals surface area contributed by atoms with E-state index in [9.17, 15) is 4.79 Å². The predicted octanol–water partition coefficient (Wildman–Crippen LogP) is 3.21. The number of methoxy groups -OCH3 is 1. The lowest BCUT2D eigenvalue weighted by atomic mass is 9.92. The second kappa shape index (κ2) is 6.60. The van der Waals surface area contributed by atoms with Crippen molar-refractivity contribution in [3.05, 3.63) is 35.9 Å². The summed E-state index contributed by atoms with van der Waals surface area (Å²) in [5.41, 5.74) is 1.01. The van der Waals surface area contributed by atoms with E-state index in [1.165, 1.54) is 6.42 Å². The van der Waals surface area contributed by atoms with Crippen molar-refractivity contribution in [3.8, 4) is 5.75 Å². The average Bonchev–Trinajstić information content (AvgIpc) is 2.44. The Morgan fingerprint density at radius 2 is 1.80 bits per heavy atom. The normalized spacial score (nSPS) is 23.1. The van der Waals surface area contributed by atoms with E-state index in [-0.39, 0.29) is 5.91 Å². The highest BCUT2D eigenvalue weighted by molar-refractivity contribution is 5.91. The summed E-state index contributed by atoms with van der Waals surface area (Å²) in [5, 5.41) is 0. The molecule has 0 unspecified atom stereocenters. The number of carbonyl (C=O) groups is 1. The first-order valence-corrected chi connectivity index (χ1v) is 7.19. The predicted molar refractivity (Wildman–Crippen MR) is 81.6 cm³/mol. The van der Waals surface area contributed by atoms with Gasteiger partial charge in [-0.25, -0.2) is 0 Å². The van der Waals surface area contributed by atoms with E-state index in [1.807, 2.05) is 35.2 Å². The fourth-order valence-electron chi connectivity index (χ4n) is 2.83. The van der Waals surface area contributed by atoms with Crippen molar-refractivity contribution in [1.29, 1.82) is 0 Å². The average molecular weight is 273 g/mol. The van der Waals surface area contributed by atoms with Gasteiger partial charge < -0.3 is 9.64 Å². The second-order valence-corrected chi connectivity index (χ2v) is 5.80. The van der Waals surface area contributed by atoms with Crippen LogP contribution < -0.4 is 4.74 Å². The van der Waals surface area contributed by atoms with Gasteiger partial charge in [-0.05, 0) is 42.0 Å². The lowest BCUT2D eigenvalue weighted by molar-refractivity contribution is -0.128. The smallest absolute Gasteiger partial charge is 0.246 e. The zero-order chi connectivity index (χ0) is 14.5. The van der Waals surface area contributed by atoms with Gasteiger partial charge in [0, 0.05) is 19.2 Å². The summed E-state index contributed by atoms with van der Waals surface area (Å²) in [6.07, 6.45) is 4.75. The molecule has 20 heavy (non-hydrogen) atoms. The zero-order valence-corrected chi connectivity index (χ0v) is 12.5. The van der Waals surface area contributed by atoms with E-state index in [1.54, 1.807) is 13.2 Å². The van der Waals surface area contributed by atoms with Crippen LogP contribution >= 0.6 is 0 Å². The standard InChI is InChI=1S/C17H23NO2/c1-13-10-14(2)12-18(11-13)17(19)9-6-15-4-7-16(20-3)8-5-15/h4-9,13-14H,10-12H2,1-3H3/b9-6+/t13-,14+. The Morgan fingerprint density at radius 3 is 2.35 bits per heavy atom. The van der Waals surface area contributed by atoms with Gasteiger partial charge >= 0.3 is 0 Å². The minimum absolute atomic E-state index is 0.110. The number of rotatable bonds is 3. The summed E-state index contributed by atoms with van der Waals surface area (Å²) in [4.78, 5) is 14.2. The van der Waals surface area contributed by atoms with Crippen molar-refractivity contribution in [2.45, 2.75) is 20.3 Å². The largest absolute Gasteiger partial charge is 0.497 e. The Kier molecular flexibility index (Phi) is 4.83. The molecule has 0 saturated carbocycles. The maximum Gasteiger partial charge on any atom is 0.246 e. The molecule has 108 valence electrons. The molecule has 1 amide bonds. The summed E-state index contributed by atoms with van der Waals surface area (Å²) >= 11 is 0. The number of hydrogen-bond donors (Lipinski definition) is 0. The first-order valence-electron chi connectivity index (χ1n) is 7.19. The van der Waals surface area contributed by atoms with E-state index in [4.69, 9.17) is 4.74 Å². The van der Waals surface area contributed by atoms with Crippen LogP contribution in [0.25, 0.3) is 6.08 Å². The molecule has 2 atom stereocenters. The van der Waals surface area contributed by atoms with E-state index in [2.05, 4.69) is 13.8 Å². The Bertz CT molecular complexity index is 468. The molecule has 1 aromatic rings. The van der Waals surface area contributed by atoms with Gasteiger partial charge in [-0.2, -0.15) is 0 Å². The number of piperidine rings is 1. The van der Waals surface area contributed by atoms with Gasteiger partial charge in [0.15, 0.2) is 0 Å². The van der Waals surface area contributed by atoms with E-state index >= 15 is 0 Å². The highest BCUT2D eigenvalue weighted by Gasteiger charge is 2.23. The van der Waals surface area contributed by atoms with Gasteiger partial charge in [-0.3, -0.25) is 4.79 Å². The topological polar surface area (TPSA) is 29.5 Å². The number of ether oxygens (including phenoxy) is 1. The van der Waals surface area contributed by atoms with Gasteiger partial charge in [-0.15, -0.1) is 0 Å². The minimum Gasteiger partial charge on any atom is -0.497 e. The molecule has 0 N–H and O–H groups in total. The summed E-state index contributed by atoms with van der Waals surface area (Å²) in [5.74, 6) is 2.13. The van der Waals surface area contributed by atoms with Crippen molar-refractivity contribution < 1.29 is 9.53 Å². The highest BCUT2D eigenvalue weighted by atomic mass is 16.5. The molecule has 3 nitrogen and oxygen atoms in total. The van der Waals surface area contributed by atoms with Crippen molar-refractivity contribution in [3.63, 3.8) is 0 Å². The Labute approximate surface area is 121 Å². The molecular weight excluding hydrogens is 250 g/mol. The fourth-order valence-corrected chi connectivity index (χ4v) is 2.83. The SMILES string of the molecule is COc1ccc(/C=C/C(=O)N2C[C@H](C)C[C@H](C)C2)cc1. The first-order chi connectivity index (χ1) is 9.58. The molecule has 0 spiro atoms. The van der Waals surface area contributed by atoms with Gasteiger partial charge in [0.05, 0.1) is 7.11 Å². The quantitative estimate of drug-likeness (QED) is 0.791. The monoisotopic (exact) mass is 273 g/mol. The molecule has 2 rings (SSSR count). The first kappa shape index (κ1) is 14.6. The lowest BCUT2D eigenvalue weighted by Crippen LogP contribution is -2.41. The zero-order valence-electron chi connectivity index (χ0n) is 12.5. The lowest BCUT2D eigenvalue weighted by Gasteiger charge is -2.34.